The van der Waals surface area contributed by atoms with Crippen LogP contribution in [-0.2, 0) is 4.87 Å². The van der Waals surface area contributed by atoms with Crippen molar-refractivity contribution in [3.63, 3.8) is 0 Å². The molecular weight excluding hydrogens is 404 g/mol. The number of anilines is 1. The minimum Gasteiger partial charge on any atom is -0.330 e. The molecule has 1 aromatic heterocycles. The summed E-state index contributed by atoms with van der Waals surface area (Å²) in [6.07, 6.45) is 3.00. The Morgan fingerprint density at radius 3 is 2.63 bits per heavy atom. The fourth-order valence-corrected chi connectivity index (χ4v) is 4.85. The van der Waals surface area contributed by atoms with Crippen LogP contribution in [0.1, 0.15) is 29.7 Å². The molecule has 154 valence electrons. The van der Waals surface area contributed by atoms with Crippen LogP contribution in [0.2, 0.25) is 0 Å². The minimum absolute atomic E-state index is 0.114. The van der Waals surface area contributed by atoms with E-state index in [-0.39, 0.29) is 5.56 Å². The van der Waals surface area contributed by atoms with Gasteiger partial charge < -0.3 is 5.73 Å². The second-order valence-electron chi connectivity index (χ2n) is 6.98. The number of aryl methyl sites for hydroxylation is 1. The molecular formula is C22H21F2N5S. The van der Waals surface area contributed by atoms with Gasteiger partial charge in [-0.3, -0.25) is 0 Å². The van der Waals surface area contributed by atoms with Crippen LogP contribution < -0.4 is 10.7 Å². The number of nitrogens with zero attached hydrogens (tertiary/aromatic N) is 4. The minimum atomic E-state index is -0.734. The normalized spacial score (nSPS) is 18.5. The summed E-state index contributed by atoms with van der Waals surface area (Å²) in [5, 5.41) is 6.79. The summed E-state index contributed by atoms with van der Waals surface area (Å²) in [5.41, 5.74) is 7.70. The van der Waals surface area contributed by atoms with Crippen molar-refractivity contribution in [3.8, 4) is 0 Å². The molecule has 0 bridgehead atoms. The fourth-order valence-electron chi connectivity index (χ4n) is 3.43. The van der Waals surface area contributed by atoms with E-state index in [1.807, 2.05) is 37.3 Å². The Morgan fingerprint density at radius 1 is 1.10 bits per heavy atom. The molecule has 0 amide bonds. The van der Waals surface area contributed by atoms with Crippen molar-refractivity contribution in [1.82, 2.24) is 9.97 Å². The molecule has 0 saturated heterocycles. The summed E-state index contributed by atoms with van der Waals surface area (Å²) < 4.78 is 28.5. The summed E-state index contributed by atoms with van der Waals surface area (Å²) in [7, 11) is 0. The molecule has 30 heavy (non-hydrogen) atoms. The third-order valence-corrected chi connectivity index (χ3v) is 6.32. The molecule has 1 aliphatic heterocycles. The zero-order valence-electron chi connectivity index (χ0n) is 16.4. The summed E-state index contributed by atoms with van der Waals surface area (Å²) in [5.74, 6) is -0.655. The Hall–Kier alpha value is -2.84. The summed E-state index contributed by atoms with van der Waals surface area (Å²) in [6, 6.07) is 15.0. The Morgan fingerprint density at radius 2 is 1.90 bits per heavy atom. The van der Waals surface area contributed by atoms with Gasteiger partial charge >= 0.3 is 0 Å². The highest BCUT2D eigenvalue weighted by Gasteiger charge is 2.47. The van der Waals surface area contributed by atoms with Crippen LogP contribution in [0.15, 0.2) is 65.9 Å². The maximum atomic E-state index is 14.6. The molecule has 0 radical (unpaired) electrons. The van der Waals surface area contributed by atoms with Crippen LogP contribution in [0, 0.1) is 18.6 Å². The monoisotopic (exact) mass is 425 g/mol. The molecule has 2 N–H and O–H groups in total. The number of aromatic nitrogens is 2. The van der Waals surface area contributed by atoms with Crippen molar-refractivity contribution < 1.29 is 8.78 Å². The van der Waals surface area contributed by atoms with Crippen LogP contribution >= 0.6 is 11.8 Å². The predicted octanol–water partition coefficient (Wildman–Crippen LogP) is 4.57. The lowest BCUT2D eigenvalue weighted by Crippen LogP contribution is -2.39. The van der Waals surface area contributed by atoms with Gasteiger partial charge in [-0.2, -0.15) is 5.10 Å². The SMILES string of the molecule is Cc1ccnc(N2N=C(c3cc(F)ccc3F)SC2(CCCN)c2ccccc2)n1. The number of hydrazone groups is 1. The fraction of sp³-hybridized carbons (Fsp3) is 0.227. The van der Waals surface area contributed by atoms with Gasteiger partial charge in [-0.05, 0) is 56.1 Å². The van der Waals surface area contributed by atoms with Crippen molar-refractivity contribution in [2.45, 2.75) is 24.6 Å². The molecule has 0 spiro atoms. The van der Waals surface area contributed by atoms with E-state index in [0.29, 0.717) is 30.4 Å². The van der Waals surface area contributed by atoms with E-state index in [0.717, 1.165) is 23.4 Å². The molecule has 0 fully saturated rings. The van der Waals surface area contributed by atoms with E-state index >= 15 is 0 Å². The number of hydrogen-bond donors (Lipinski definition) is 1. The lowest BCUT2D eigenvalue weighted by molar-refractivity contribution is 0.518. The van der Waals surface area contributed by atoms with Gasteiger partial charge in [0.05, 0.1) is 0 Å². The Bertz CT molecular complexity index is 1080. The first-order valence-electron chi connectivity index (χ1n) is 9.62. The second kappa shape index (κ2) is 8.49. The van der Waals surface area contributed by atoms with E-state index in [4.69, 9.17) is 10.8 Å². The Kier molecular flexibility index (Phi) is 5.78. The Labute approximate surface area is 178 Å². The third kappa shape index (κ3) is 3.80. The predicted molar refractivity (Wildman–Crippen MR) is 116 cm³/mol. The molecule has 1 unspecified atom stereocenters. The molecule has 2 heterocycles. The van der Waals surface area contributed by atoms with Gasteiger partial charge in [0.25, 0.3) is 0 Å². The molecule has 0 aliphatic carbocycles. The lowest BCUT2D eigenvalue weighted by Gasteiger charge is -2.36. The molecule has 4 rings (SSSR count). The van der Waals surface area contributed by atoms with Gasteiger partial charge in [-0.25, -0.2) is 23.8 Å². The van der Waals surface area contributed by atoms with E-state index < -0.39 is 16.5 Å². The first-order valence-corrected chi connectivity index (χ1v) is 10.4. The molecule has 5 nitrogen and oxygen atoms in total. The van der Waals surface area contributed by atoms with Crippen LogP contribution in [0.3, 0.4) is 0 Å². The van der Waals surface area contributed by atoms with Crippen molar-refractivity contribution in [3.05, 3.63) is 89.2 Å². The molecule has 2 aromatic carbocycles. The van der Waals surface area contributed by atoms with Gasteiger partial charge in [-0.1, -0.05) is 42.1 Å². The zero-order chi connectivity index (χ0) is 21.1. The van der Waals surface area contributed by atoms with Crippen LogP contribution in [0.5, 0.6) is 0 Å². The van der Waals surface area contributed by atoms with Gasteiger partial charge in [0, 0.05) is 17.5 Å². The van der Waals surface area contributed by atoms with E-state index in [2.05, 4.69) is 9.97 Å². The number of nitrogens with two attached hydrogens (primary N) is 1. The van der Waals surface area contributed by atoms with Crippen molar-refractivity contribution >= 4 is 22.8 Å². The van der Waals surface area contributed by atoms with E-state index in [1.54, 1.807) is 17.3 Å². The summed E-state index contributed by atoms with van der Waals surface area (Å²) >= 11 is 1.37. The number of hydrogen-bond acceptors (Lipinski definition) is 6. The molecule has 1 aliphatic rings. The van der Waals surface area contributed by atoms with Gasteiger partial charge in [-0.15, -0.1) is 0 Å². The van der Waals surface area contributed by atoms with E-state index in [1.165, 1.54) is 17.8 Å². The number of rotatable bonds is 6. The molecule has 0 saturated carbocycles. The highest BCUT2D eigenvalue weighted by Crippen LogP contribution is 2.51. The Balaban J connectivity index is 1.90. The smallest absolute Gasteiger partial charge is 0.248 e. The van der Waals surface area contributed by atoms with Crippen molar-refractivity contribution in [2.75, 3.05) is 11.6 Å². The molecule has 8 heteroatoms. The van der Waals surface area contributed by atoms with Gasteiger partial charge in [0.15, 0.2) is 0 Å². The van der Waals surface area contributed by atoms with E-state index in [9.17, 15) is 8.78 Å². The molecule has 1 atom stereocenters. The third-order valence-electron chi connectivity index (χ3n) is 4.87. The average Bonchev–Trinajstić information content (AvgIpc) is 3.15. The largest absolute Gasteiger partial charge is 0.330 e. The number of thioether (sulfide) groups is 1. The van der Waals surface area contributed by atoms with Gasteiger partial charge in [0.2, 0.25) is 5.95 Å². The highest BCUT2D eigenvalue weighted by atomic mass is 32.2. The van der Waals surface area contributed by atoms with Crippen molar-refractivity contribution in [2.24, 2.45) is 10.8 Å². The maximum Gasteiger partial charge on any atom is 0.248 e. The standard InChI is InChI=1S/C22H21F2N5S/c1-15-10-13-26-21(27-15)29-22(11-5-12-25,16-6-3-2-4-7-16)30-20(28-29)18-14-17(23)8-9-19(18)24/h2-4,6-10,13-14H,5,11-12,25H2,1H3. The van der Waals surface area contributed by atoms with Crippen LogP contribution in [0.25, 0.3) is 0 Å². The summed E-state index contributed by atoms with van der Waals surface area (Å²) in [4.78, 5) is 8.23. The van der Waals surface area contributed by atoms with Crippen LogP contribution in [-0.4, -0.2) is 21.6 Å². The first kappa shape index (κ1) is 20.4. The zero-order valence-corrected chi connectivity index (χ0v) is 17.2. The van der Waals surface area contributed by atoms with Crippen LogP contribution in [0.4, 0.5) is 14.7 Å². The molecule has 3 aromatic rings. The highest BCUT2D eigenvalue weighted by molar-refractivity contribution is 8.15. The quantitative estimate of drug-likeness (QED) is 0.627. The van der Waals surface area contributed by atoms with Gasteiger partial charge in [0.1, 0.15) is 21.5 Å². The number of benzene rings is 2. The lowest BCUT2D eigenvalue weighted by atomic mass is 10.0. The van der Waals surface area contributed by atoms with Crippen molar-refractivity contribution in [1.29, 1.82) is 0 Å². The second-order valence-corrected chi connectivity index (χ2v) is 8.25. The number of halogens is 2. The average molecular weight is 426 g/mol. The maximum absolute atomic E-state index is 14.6. The first-order chi connectivity index (χ1) is 14.5. The topological polar surface area (TPSA) is 67.4 Å². The summed E-state index contributed by atoms with van der Waals surface area (Å²) in [6.45, 7) is 2.36.